The summed E-state index contributed by atoms with van der Waals surface area (Å²) in [5, 5.41) is 6.88. The Morgan fingerprint density at radius 2 is 1.50 bits per heavy atom. The molecule has 0 aliphatic rings. The largest absolute Gasteiger partial charge is 0.496 e. The van der Waals surface area contributed by atoms with Crippen molar-refractivity contribution in [1.29, 1.82) is 0 Å². The second-order valence-corrected chi connectivity index (χ2v) is 7.39. The fourth-order valence-electron chi connectivity index (χ4n) is 3.21. The molecule has 3 aromatic carbocycles. The van der Waals surface area contributed by atoms with E-state index in [1.165, 1.54) is 0 Å². The monoisotopic (exact) mass is 429 g/mol. The van der Waals surface area contributed by atoms with E-state index in [9.17, 15) is 9.59 Å². The van der Waals surface area contributed by atoms with Gasteiger partial charge in [-0.1, -0.05) is 72.8 Å². The van der Waals surface area contributed by atoms with Crippen molar-refractivity contribution >= 4 is 17.5 Å². The van der Waals surface area contributed by atoms with Crippen LogP contribution in [0, 0.1) is 0 Å². The third-order valence-electron chi connectivity index (χ3n) is 4.88. The lowest BCUT2D eigenvalue weighted by atomic mass is 10.0. The van der Waals surface area contributed by atoms with Crippen LogP contribution in [0.2, 0.25) is 0 Å². The minimum absolute atomic E-state index is 0.0984. The quantitative estimate of drug-likeness (QED) is 0.397. The zero-order valence-corrected chi connectivity index (χ0v) is 18.3. The Balaban J connectivity index is 1.45. The van der Waals surface area contributed by atoms with E-state index in [0.29, 0.717) is 12.3 Å². The van der Waals surface area contributed by atoms with Crippen LogP contribution >= 0.6 is 0 Å². The number of ether oxygens (including phenoxy) is 1. The van der Waals surface area contributed by atoms with Gasteiger partial charge in [0.15, 0.2) is 0 Å². The van der Waals surface area contributed by atoms with E-state index in [4.69, 9.17) is 4.74 Å². The van der Waals surface area contributed by atoms with Crippen molar-refractivity contribution in [3.63, 3.8) is 0 Å². The number of amides is 2. The third kappa shape index (κ3) is 6.80. The Bertz CT molecular complexity index is 1080. The number of rotatable bonds is 9. The van der Waals surface area contributed by atoms with Gasteiger partial charge in [0, 0.05) is 17.8 Å². The summed E-state index contributed by atoms with van der Waals surface area (Å²) in [5.74, 6) is 0.316. The number of hydrogen-bond donors (Lipinski definition) is 2. The SMILES string of the molecule is COc1ccccc1CNC(=O)C/C(C)=N\NC(=O)Cc1ccc(-c2ccccc2)cc1. The molecule has 6 heteroatoms. The van der Waals surface area contributed by atoms with Gasteiger partial charge in [0.2, 0.25) is 11.8 Å². The molecular formula is C26H27N3O3. The van der Waals surface area contributed by atoms with E-state index in [1.807, 2.05) is 78.9 Å². The Kier molecular flexibility index (Phi) is 8.15. The Morgan fingerprint density at radius 3 is 2.22 bits per heavy atom. The average molecular weight is 430 g/mol. The maximum absolute atomic E-state index is 12.2. The topological polar surface area (TPSA) is 79.8 Å². The Hall–Kier alpha value is -3.93. The fourth-order valence-corrected chi connectivity index (χ4v) is 3.21. The smallest absolute Gasteiger partial charge is 0.244 e. The summed E-state index contributed by atoms with van der Waals surface area (Å²) in [5.41, 5.74) is 7.07. The number of carbonyl (C=O) groups excluding carboxylic acids is 2. The first-order valence-electron chi connectivity index (χ1n) is 10.4. The fraction of sp³-hybridized carbons (Fsp3) is 0.192. The van der Waals surface area contributed by atoms with Crippen LogP contribution in [0.5, 0.6) is 5.75 Å². The van der Waals surface area contributed by atoms with Gasteiger partial charge in [-0.25, -0.2) is 5.43 Å². The normalized spacial score (nSPS) is 11.0. The summed E-state index contributed by atoms with van der Waals surface area (Å²) in [6, 6.07) is 25.4. The summed E-state index contributed by atoms with van der Waals surface area (Å²) in [7, 11) is 1.60. The van der Waals surface area contributed by atoms with Crippen molar-refractivity contribution in [2.24, 2.45) is 5.10 Å². The van der Waals surface area contributed by atoms with Gasteiger partial charge in [0.1, 0.15) is 5.75 Å². The number of methoxy groups -OCH3 is 1. The lowest BCUT2D eigenvalue weighted by Gasteiger charge is -2.09. The number of hydrazone groups is 1. The molecule has 2 N–H and O–H groups in total. The lowest BCUT2D eigenvalue weighted by molar-refractivity contribution is -0.121. The van der Waals surface area contributed by atoms with Crippen molar-refractivity contribution in [3.8, 4) is 16.9 Å². The molecule has 0 saturated heterocycles. The molecule has 3 rings (SSSR count). The molecule has 0 spiro atoms. The molecule has 164 valence electrons. The predicted octanol–water partition coefficient (Wildman–Crippen LogP) is 4.10. The van der Waals surface area contributed by atoms with Crippen LogP contribution in [-0.2, 0) is 22.6 Å². The first kappa shape index (κ1) is 22.7. The standard InChI is InChI=1S/C26H27N3O3/c1-19(16-25(30)27-18-23-10-6-7-11-24(23)32-2)28-29-26(31)17-20-12-14-22(15-13-20)21-8-4-3-5-9-21/h3-15H,16-18H2,1-2H3,(H,27,30)(H,29,31)/b28-19-. The second-order valence-electron chi connectivity index (χ2n) is 7.39. The number of nitrogens with zero attached hydrogens (tertiary/aromatic N) is 1. The molecular weight excluding hydrogens is 402 g/mol. The molecule has 2 amide bonds. The summed E-state index contributed by atoms with van der Waals surface area (Å²) in [4.78, 5) is 24.4. The van der Waals surface area contributed by atoms with Crippen LogP contribution in [0.1, 0.15) is 24.5 Å². The van der Waals surface area contributed by atoms with Crippen LogP contribution in [-0.4, -0.2) is 24.6 Å². The van der Waals surface area contributed by atoms with Gasteiger partial charge in [-0.15, -0.1) is 0 Å². The maximum atomic E-state index is 12.2. The molecule has 0 aliphatic carbocycles. The van der Waals surface area contributed by atoms with Crippen LogP contribution < -0.4 is 15.5 Å². The van der Waals surface area contributed by atoms with Crippen LogP contribution in [0.25, 0.3) is 11.1 Å². The van der Waals surface area contributed by atoms with Crippen molar-refractivity contribution < 1.29 is 14.3 Å². The van der Waals surface area contributed by atoms with Gasteiger partial charge in [-0.2, -0.15) is 5.10 Å². The summed E-state index contributed by atoms with van der Waals surface area (Å²) in [6.07, 6.45) is 0.313. The van der Waals surface area contributed by atoms with Gasteiger partial charge in [-0.05, 0) is 29.7 Å². The summed E-state index contributed by atoms with van der Waals surface area (Å²) >= 11 is 0. The van der Waals surface area contributed by atoms with Crippen LogP contribution in [0.4, 0.5) is 0 Å². The molecule has 0 heterocycles. The highest BCUT2D eigenvalue weighted by atomic mass is 16.5. The zero-order valence-electron chi connectivity index (χ0n) is 18.3. The third-order valence-corrected chi connectivity index (χ3v) is 4.88. The van der Waals surface area contributed by atoms with Gasteiger partial charge < -0.3 is 10.1 Å². The lowest BCUT2D eigenvalue weighted by Crippen LogP contribution is -2.26. The van der Waals surface area contributed by atoms with E-state index in [0.717, 1.165) is 28.0 Å². The number of para-hydroxylation sites is 1. The van der Waals surface area contributed by atoms with E-state index >= 15 is 0 Å². The maximum Gasteiger partial charge on any atom is 0.244 e. The highest BCUT2D eigenvalue weighted by molar-refractivity contribution is 6.00. The first-order valence-corrected chi connectivity index (χ1v) is 10.4. The molecule has 0 unspecified atom stereocenters. The first-order chi connectivity index (χ1) is 15.5. The minimum Gasteiger partial charge on any atom is -0.496 e. The number of hydrogen-bond acceptors (Lipinski definition) is 4. The molecule has 0 saturated carbocycles. The minimum atomic E-state index is -0.230. The molecule has 3 aromatic rings. The predicted molar refractivity (Wildman–Crippen MR) is 126 cm³/mol. The molecule has 0 bridgehead atoms. The van der Waals surface area contributed by atoms with Crippen LogP contribution in [0.15, 0.2) is 84.0 Å². The van der Waals surface area contributed by atoms with Gasteiger partial charge in [-0.3, -0.25) is 9.59 Å². The summed E-state index contributed by atoms with van der Waals surface area (Å²) < 4.78 is 5.28. The average Bonchev–Trinajstić information content (AvgIpc) is 2.82. The van der Waals surface area contributed by atoms with Gasteiger partial charge >= 0.3 is 0 Å². The Morgan fingerprint density at radius 1 is 0.844 bits per heavy atom. The van der Waals surface area contributed by atoms with E-state index in [1.54, 1.807) is 14.0 Å². The zero-order chi connectivity index (χ0) is 22.8. The van der Waals surface area contributed by atoms with Crippen molar-refractivity contribution in [2.75, 3.05) is 7.11 Å². The van der Waals surface area contributed by atoms with E-state index < -0.39 is 0 Å². The molecule has 0 aliphatic heterocycles. The van der Waals surface area contributed by atoms with Crippen molar-refractivity contribution in [2.45, 2.75) is 26.3 Å². The highest BCUT2D eigenvalue weighted by Gasteiger charge is 2.08. The van der Waals surface area contributed by atoms with Gasteiger partial charge in [0.25, 0.3) is 0 Å². The van der Waals surface area contributed by atoms with Crippen LogP contribution in [0.3, 0.4) is 0 Å². The molecule has 6 nitrogen and oxygen atoms in total. The number of benzene rings is 3. The molecule has 0 aromatic heterocycles. The molecule has 32 heavy (non-hydrogen) atoms. The summed E-state index contributed by atoms with van der Waals surface area (Å²) in [6.45, 7) is 2.07. The van der Waals surface area contributed by atoms with Crippen molar-refractivity contribution in [1.82, 2.24) is 10.7 Å². The Labute approximate surface area is 188 Å². The molecule has 0 radical (unpaired) electrons. The highest BCUT2D eigenvalue weighted by Crippen LogP contribution is 2.19. The van der Waals surface area contributed by atoms with Crippen molar-refractivity contribution in [3.05, 3.63) is 90.0 Å². The molecule has 0 fully saturated rings. The van der Waals surface area contributed by atoms with E-state index in [2.05, 4.69) is 15.8 Å². The van der Waals surface area contributed by atoms with E-state index in [-0.39, 0.29) is 24.7 Å². The number of carbonyl (C=O) groups is 2. The molecule has 0 atom stereocenters. The number of nitrogens with one attached hydrogen (secondary N) is 2. The van der Waals surface area contributed by atoms with Gasteiger partial charge in [0.05, 0.1) is 20.0 Å². The second kappa shape index (κ2) is 11.5.